The van der Waals surface area contributed by atoms with Crippen molar-refractivity contribution in [1.82, 2.24) is 9.80 Å². The van der Waals surface area contributed by atoms with Crippen LogP contribution in [0.25, 0.3) is 0 Å². The third-order valence-corrected chi connectivity index (χ3v) is 4.78. The summed E-state index contributed by atoms with van der Waals surface area (Å²) in [6.45, 7) is 15.1. The zero-order chi connectivity index (χ0) is 17.6. The van der Waals surface area contributed by atoms with Gasteiger partial charge in [0.2, 0.25) is 0 Å². The van der Waals surface area contributed by atoms with Crippen LogP contribution in [0.4, 0.5) is 4.79 Å². The van der Waals surface area contributed by atoms with E-state index in [0.29, 0.717) is 25.7 Å². The average molecular weight is 339 g/mol. The summed E-state index contributed by atoms with van der Waals surface area (Å²) in [6.07, 6.45) is 1.74. The van der Waals surface area contributed by atoms with Crippen molar-refractivity contribution in [2.45, 2.75) is 40.5 Å². The van der Waals surface area contributed by atoms with Crippen molar-refractivity contribution in [2.24, 2.45) is 16.3 Å². The number of likely N-dealkylation sites (tertiary alicyclic amines) is 1. The lowest BCUT2D eigenvalue weighted by atomic mass is 9.93. The number of morpholine rings is 1. The number of aliphatic imine (C=N–C) groups is 1. The summed E-state index contributed by atoms with van der Waals surface area (Å²) in [4.78, 5) is 21.1. The van der Waals surface area contributed by atoms with E-state index in [1.807, 2.05) is 0 Å². The Morgan fingerprint density at radius 1 is 1.17 bits per heavy atom. The smallest absolute Gasteiger partial charge is 0.435 e. The predicted molar refractivity (Wildman–Crippen MR) is 95.5 cm³/mol. The van der Waals surface area contributed by atoms with E-state index < -0.39 is 6.09 Å². The lowest BCUT2D eigenvalue weighted by Crippen LogP contribution is -2.46. The van der Waals surface area contributed by atoms with E-state index in [0.717, 1.165) is 51.4 Å². The first-order valence-electron chi connectivity index (χ1n) is 9.21. The highest BCUT2D eigenvalue weighted by atomic mass is 16.5. The number of rotatable bonds is 3. The Labute approximate surface area is 146 Å². The van der Waals surface area contributed by atoms with Crippen molar-refractivity contribution in [3.63, 3.8) is 0 Å². The van der Waals surface area contributed by atoms with Gasteiger partial charge in [-0.25, -0.2) is 4.79 Å². The van der Waals surface area contributed by atoms with Crippen LogP contribution in [-0.2, 0) is 9.47 Å². The second-order valence-corrected chi connectivity index (χ2v) is 7.74. The van der Waals surface area contributed by atoms with E-state index in [2.05, 4.69) is 42.5 Å². The van der Waals surface area contributed by atoms with Gasteiger partial charge in [0.15, 0.2) is 0 Å². The van der Waals surface area contributed by atoms with Crippen molar-refractivity contribution in [1.29, 1.82) is 0 Å². The number of hydrogen-bond acceptors (Lipinski definition) is 4. The maximum atomic E-state index is 12.2. The first kappa shape index (κ1) is 19.2. The molecule has 0 saturated carbocycles. The molecule has 0 bridgehead atoms. The van der Waals surface area contributed by atoms with Crippen LogP contribution in [0.3, 0.4) is 0 Å². The molecule has 2 aliphatic rings. The standard InChI is InChI=1S/C18H33N3O3/c1-5-20-8-6-15(7-9-20)14-24-17(22)19-16(18(2,3)4)21-10-12-23-13-11-21/h15H,5-14H2,1-4H3/b19-16-. The van der Waals surface area contributed by atoms with E-state index in [9.17, 15) is 4.79 Å². The second-order valence-electron chi connectivity index (χ2n) is 7.74. The third kappa shape index (κ3) is 5.74. The van der Waals surface area contributed by atoms with E-state index in [4.69, 9.17) is 9.47 Å². The Morgan fingerprint density at radius 3 is 2.33 bits per heavy atom. The third-order valence-electron chi connectivity index (χ3n) is 4.78. The molecule has 0 N–H and O–H groups in total. The van der Waals surface area contributed by atoms with Crippen LogP contribution < -0.4 is 0 Å². The average Bonchev–Trinajstić information content (AvgIpc) is 2.58. The maximum absolute atomic E-state index is 12.2. The quantitative estimate of drug-likeness (QED) is 0.584. The van der Waals surface area contributed by atoms with Gasteiger partial charge in [-0.1, -0.05) is 27.7 Å². The van der Waals surface area contributed by atoms with Crippen LogP contribution in [0, 0.1) is 11.3 Å². The fraction of sp³-hybridized carbons (Fsp3) is 0.889. The topological polar surface area (TPSA) is 54.4 Å². The minimum Gasteiger partial charge on any atom is -0.448 e. The van der Waals surface area contributed by atoms with Gasteiger partial charge in [-0.05, 0) is 38.4 Å². The van der Waals surface area contributed by atoms with Crippen molar-refractivity contribution >= 4 is 11.9 Å². The molecule has 0 aromatic heterocycles. The van der Waals surface area contributed by atoms with Crippen molar-refractivity contribution in [3.05, 3.63) is 0 Å². The highest BCUT2D eigenvalue weighted by molar-refractivity contribution is 5.95. The molecule has 2 aliphatic heterocycles. The molecule has 0 unspecified atom stereocenters. The molecule has 0 spiro atoms. The lowest BCUT2D eigenvalue weighted by molar-refractivity contribution is 0.0639. The Bertz CT molecular complexity index is 431. The summed E-state index contributed by atoms with van der Waals surface area (Å²) >= 11 is 0. The molecule has 0 aromatic carbocycles. The fourth-order valence-electron chi connectivity index (χ4n) is 3.27. The molecule has 2 saturated heterocycles. The summed E-state index contributed by atoms with van der Waals surface area (Å²) in [7, 11) is 0. The number of carbonyl (C=O) groups excluding carboxylic acids is 1. The van der Waals surface area contributed by atoms with Crippen molar-refractivity contribution in [3.8, 4) is 0 Å². The molecule has 6 heteroatoms. The van der Waals surface area contributed by atoms with Gasteiger partial charge in [-0.2, -0.15) is 4.99 Å². The molecule has 0 aliphatic carbocycles. The molecule has 0 aromatic rings. The van der Waals surface area contributed by atoms with Gasteiger partial charge in [0.25, 0.3) is 0 Å². The van der Waals surface area contributed by atoms with E-state index >= 15 is 0 Å². The Kier molecular flexibility index (Phi) is 7.04. The van der Waals surface area contributed by atoms with Gasteiger partial charge in [0, 0.05) is 18.5 Å². The van der Waals surface area contributed by atoms with Crippen molar-refractivity contribution < 1.29 is 14.3 Å². The second kappa shape index (κ2) is 8.81. The van der Waals surface area contributed by atoms with Crippen LogP contribution in [0.1, 0.15) is 40.5 Å². The van der Waals surface area contributed by atoms with Crippen LogP contribution in [0.15, 0.2) is 4.99 Å². The van der Waals surface area contributed by atoms with Gasteiger partial charge in [-0.15, -0.1) is 0 Å². The highest BCUT2D eigenvalue weighted by Crippen LogP contribution is 2.21. The van der Waals surface area contributed by atoms with Crippen molar-refractivity contribution in [2.75, 3.05) is 52.5 Å². The van der Waals surface area contributed by atoms with E-state index in [1.54, 1.807) is 0 Å². The van der Waals surface area contributed by atoms with Gasteiger partial charge >= 0.3 is 6.09 Å². The Morgan fingerprint density at radius 2 is 1.79 bits per heavy atom. The Balaban J connectivity index is 1.88. The first-order chi connectivity index (χ1) is 11.4. The minimum atomic E-state index is -0.454. The molecule has 2 fully saturated rings. The van der Waals surface area contributed by atoms with Crippen LogP contribution in [-0.4, -0.2) is 74.3 Å². The summed E-state index contributed by atoms with van der Waals surface area (Å²) in [5, 5.41) is 0. The normalized spacial score (nSPS) is 21.8. The summed E-state index contributed by atoms with van der Waals surface area (Å²) in [5.41, 5.74) is -0.192. The zero-order valence-electron chi connectivity index (χ0n) is 15.7. The molecule has 0 atom stereocenters. The van der Waals surface area contributed by atoms with Gasteiger partial charge < -0.3 is 19.3 Å². The molecular weight excluding hydrogens is 306 g/mol. The zero-order valence-corrected chi connectivity index (χ0v) is 15.7. The summed E-state index contributed by atoms with van der Waals surface area (Å²) < 4.78 is 10.9. The van der Waals surface area contributed by atoms with Gasteiger partial charge in [0.05, 0.1) is 19.8 Å². The van der Waals surface area contributed by atoms with E-state index in [-0.39, 0.29) is 5.41 Å². The number of piperidine rings is 1. The van der Waals surface area contributed by atoms with Gasteiger partial charge in [0.1, 0.15) is 5.84 Å². The van der Waals surface area contributed by atoms with E-state index in [1.165, 1.54) is 0 Å². The van der Waals surface area contributed by atoms with Crippen LogP contribution >= 0.6 is 0 Å². The molecule has 0 radical (unpaired) electrons. The number of hydrogen-bond donors (Lipinski definition) is 0. The monoisotopic (exact) mass is 339 g/mol. The number of nitrogens with zero attached hydrogens (tertiary/aromatic N) is 3. The Hall–Kier alpha value is -1.14. The summed E-state index contributed by atoms with van der Waals surface area (Å²) in [5.74, 6) is 1.27. The number of ether oxygens (including phenoxy) is 2. The molecule has 2 rings (SSSR count). The van der Waals surface area contributed by atoms with Crippen LogP contribution in [0.2, 0.25) is 0 Å². The SMILES string of the molecule is CCN1CCC(COC(=O)/N=C(\N2CCOCC2)C(C)(C)C)CC1. The molecule has 138 valence electrons. The lowest BCUT2D eigenvalue weighted by Gasteiger charge is -2.35. The number of amidine groups is 1. The molecule has 6 nitrogen and oxygen atoms in total. The van der Waals surface area contributed by atoms with Crippen LogP contribution in [0.5, 0.6) is 0 Å². The minimum absolute atomic E-state index is 0.192. The molecule has 1 amide bonds. The number of carbonyl (C=O) groups is 1. The highest BCUT2D eigenvalue weighted by Gasteiger charge is 2.28. The maximum Gasteiger partial charge on any atom is 0.435 e. The largest absolute Gasteiger partial charge is 0.448 e. The first-order valence-corrected chi connectivity index (χ1v) is 9.21. The number of amides is 1. The fourth-order valence-corrected chi connectivity index (χ4v) is 3.27. The molecular formula is C18H33N3O3. The molecule has 24 heavy (non-hydrogen) atoms. The summed E-state index contributed by atoms with van der Waals surface area (Å²) in [6, 6.07) is 0. The predicted octanol–water partition coefficient (Wildman–Crippen LogP) is 2.63. The van der Waals surface area contributed by atoms with Gasteiger partial charge in [-0.3, -0.25) is 0 Å². The molecule has 2 heterocycles.